The number of carbonyl (C=O) groups excluding carboxylic acids is 1. The van der Waals surface area contributed by atoms with Crippen LogP contribution >= 0.6 is 23.2 Å². The minimum Gasteiger partial charge on any atom is -0.482 e. The highest BCUT2D eigenvalue weighted by molar-refractivity contribution is 6.35. The molecule has 0 saturated heterocycles. The van der Waals surface area contributed by atoms with Crippen LogP contribution in [-0.4, -0.2) is 40.6 Å². The number of benzene rings is 1. The van der Waals surface area contributed by atoms with Crippen LogP contribution in [0.2, 0.25) is 10.0 Å². The third-order valence-electron chi connectivity index (χ3n) is 3.06. The summed E-state index contributed by atoms with van der Waals surface area (Å²) in [6.07, 6.45) is 0. The highest BCUT2D eigenvalue weighted by atomic mass is 35.5. The molecule has 1 N–H and O–H groups in total. The summed E-state index contributed by atoms with van der Waals surface area (Å²) in [5.74, 6) is -1.20. The highest BCUT2D eigenvalue weighted by Gasteiger charge is 2.36. The molecule has 0 saturated carbocycles. The molecular formula is C14H17Cl2NO4. The lowest BCUT2D eigenvalue weighted by molar-refractivity contribution is -0.157. The first-order valence-electron chi connectivity index (χ1n) is 6.31. The minimum absolute atomic E-state index is 0.260. The number of nitrogens with zero attached hydrogens (tertiary/aromatic N) is 1. The Morgan fingerprint density at radius 1 is 1.33 bits per heavy atom. The van der Waals surface area contributed by atoms with Gasteiger partial charge in [0, 0.05) is 11.6 Å². The number of rotatable bonds is 6. The number of carbonyl (C=O) groups is 2. The van der Waals surface area contributed by atoms with Crippen LogP contribution in [0.4, 0.5) is 0 Å². The Bertz CT molecular complexity index is 546. The smallest absolute Gasteiger partial charge is 0.329 e. The molecule has 1 aromatic carbocycles. The fourth-order valence-corrected chi connectivity index (χ4v) is 2.27. The van der Waals surface area contributed by atoms with Gasteiger partial charge in [0.15, 0.2) is 6.61 Å². The van der Waals surface area contributed by atoms with E-state index in [9.17, 15) is 14.7 Å². The van der Waals surface area contributed by atoms with Crippen molar-refractivity contribution in [2.24, 2.45) is 0 Å². The number of carboxylic acid groups (broad SMARTS) is 1. The topological polar surface area (TPSA) is 66.8 Å². The van der Waals surface area contributed by atoms with Crippen LogP contribution < -0.4 is 4.74 Å². The molecule has 1 amide bonds. The van der Waals surface area contributed by atoms with Crippen LogP contribution in [-0.2, 0) is 9.59 Å². The van der Waals surface area contributed by atoms with Gasteiger partial charge in [-0.25, -0.2) is 4.79 Å². The quantitative estimate of drug-likeness (QED) is 0.868. The molecule has 0 bridgehead atoms. The van der Waals surface area contributed by atoms with E-state index in [1.165, 1.54) is 24.8 Å². The van der Waals surface area contributed by atoms with Crippen molar-refractivity contribution in [1.29, 1.82) is 0 Å². The number of amides is 1. The van der Waals surface area contributed by atoms with Crippen molar-refractivity contribution < 1.29 is 19.4 Å². The Morgan fingerprint density at radius 2 is 1.95 bits per heavy atom. The average molecular weight is 334 g/mol. The average Bonchev–Trinajstić information content (AvgIpc) is 2.38. The van der Waals surface area contributed by atoms with Gasteiger partial charge in [0.05, 0.1) is 5.02 Å². The zero-order valence-electron chi connectivity index (χ0n) is 12.0. The number of ether oxygens (including phenoxy) is 1. The Kier molecular flexibility index (Phi) is 5.87. The van der Waals surface area contributed by atoms with E-state index in [1.807, 2.05) is 0 Å². The molecule has 7 heteroatoms. The highest BCUT2D eigenvalue weighted by Crippen LogP contribution is 2.27. The molecular weight excluding hydrogens is 317 g/mol. The standard InChI is InChI=1S/C14H17Cl2NO4/c1-4-17(14(2,3)13(19)20)12(18)8-21-11-6-5-9(15)7-10(11)16/h5-7H,4,8H2,1-3H3,(H,19,20). The molecule has 0 atom stereocenters. The lowest BCUT2D eigenvalue weighted by atomic mass is 10.0. The molecule has 0 spiro atoms. The number of carboxylic acids is 1. The first kappa shape index (κ1) is 17.6. The van der Waals surface area contributed by atoms with Gasteiger partial charge in [-0.2, -0.15) is 0 Å². The SMILES string of the molecule is CCN(C(=O)COc1ccc(Cl)cc1Cl)C(C)(C)C(=O)O. The molecule has 1 aromatic rings. The number of halogens is 2. The zero-order valence-corrected chi connectivity index (χ0v) is 13.5. The normalized spacial score (nSPS) is 11.1. The molecule has 0 aromatic heterocycles. The van der Waals surface area contributed by atoms with E-state index < -0.39 is 17.4 Å². The predicted molar refractivity (Wildman–Crippen MR) is 81.1 cm³/mol. The summed E-state index contributed by atoms with van der Waals surface area (Å²) in [6, 6.07) is 4.64. The van der Waals surface area contributed by atoms with Crippen molar-refractivity contribution in [1.82, 2.24) is 4.90 Å². The maximum atomic E-state index is 12.1. The molecule has 0 aliphatic carbocycles. The second-order valence-electron chi connectivity index (χ2n) is 4.87. The van der Waals surface area contributed by atoms with Gasteiger partial charge >= 0.3 is 5.97 Å². The van der Waals surface area contributed by atoms with E-state index in [0.29, 0.717) is 10.8 Å². The molecule has 1 rings (SSSR count). The Hall–Kier alpha value is -1.46. The Morgan fingerprint density at radius 3 is 2.43 bits per heavy atom. The van der Waals surface area contributed by atoms with Crippen LogP contribution in [0.5, 0.6) is 5.75 Å². The zero-order chi connectivity index (χ0) is 16.2. The predicted octanol–water partition coefficient (Wildman–Crippen LogP) is 3.08. The van der Waals surface area contributed by atoms with Crippen molar-refractivity contribution in [2.75, 3.05) is 13.2 Å². The van der Waals surface area contributed by atoms with Gasteiger partial charge in [-0.05, 0) is 39.0 Å². The summed E-state index contributed by atoms with van der Waals surface area (Å²) in [7, 11) is 0. The second kappa shape index (κ2) is 7.00. The van der Waals surface area contributed by atoms with E-state index in [1.54, 1.807) is 19.1 Å². The minimum atomic E-state index is -1.31. The van der Waals surface area contributed by atoms with Gasteiger partial charge in [-0.1, -0.05) is 23.2 Å². The molecule has 0 fully saturated rings. The monoisotopic (exact) mass is 333 g/mol. The van der Waals surface area contributed by atoms with Gasteiger partial charge < -0.3 is 14.7 Å². The molecule has 0 heterocycles. The van der Waals surface area contributed by atoms with E-state index in [4.69, 9.17) is 27.9 Å². The maximum absolute atomic E-state index is 12.1. The lowest BCUT2D eigenvalue weighted by Gasteiger charge is -2.34. The molecule has 0 radical (unpaired) electrons. The third kappa shape index (κ3) is 4.25. The number of aliphatic carboxylic acids is 1. The van der Waals surface area contributed by atoms with Gasteiger partial charge in [0.25, 0.3) is 5.91 Å². The molecule has 0 unspecified atom stereocenters. The molecule has 0 aliphatic rings. The first-order chi connectivity index (χ1) is 9.70. The summed E-state index contributed by atoms with van der Waals surface area (Å²) in [5, 5.41) is 9.93. The van der Waals surface area contributed by atoms with E-state index >= 15 is 0 Å². The van der Waals surface area contributed by atoms with Gasteiger partial charge in [0.1, 0.15) is 11.3 Å². The van der Waals surface area contributed by atoms with Crippen molar-refractivity contribution in [3.05, 3.63) is 28.2 Å². The lowest BCUT2D eigenvalue weighted by Crippen LogP contribution is -2.54. The van der Waals surface area contributed by atoms with Gasteiger partial charge in [-0.3, -0.25) is 4.79 Å². The molecule has 116 valence electrons. The van der Waals surface area contributed by atoms with Crippen LogP contribution in [0.15, 0.2) is 18.2 Å². The summed E-state index contributed by atoms with van der Waals surface area (Å²) >= 11 is 11.7. The van der Waals surface area contributed by atoms with Gasteiger partial charge in [0.2, 0.25) is 0 Å². The van der Waals surface area contributed by atoms with Crippen LogP contribution in [0.1, 0.15) is 20.8 Å². The number of hydrogen-bond acceptors (Lipinski definition) is 3. The van der Waals surface area contributed by atoms with Crippen LogP contribution in [0.3, 0.4) is 0 Å². The third-order valence-corrected chi connectivity index (χ3v) is 3.59. The summed E-state index contributed by atoms with van der Waals surface area (Å²) in [5.41, 5.74) is -1.31. The second-order valence-corrected chi connectivity index (χ2v) is 5.71. The molecule has 0 aliphatic heterocycles. The van der Waals surface area contributed by atoms with E-state index in [2.05, 4.69) is 0 Å². The molecule has 5 nitrogen and oxygen atoms in total. The summed E-state index contributed by atoms with van der Waals surface area (Å²) in [4.78, 5) is 24.6. The van der Waals surface area contributed by atoms with E-state index in [-0.39, 0.29) is 18.2 Å². The molecule has 21 heavy (non-hydrogen) atoms. The largest absolute Gasteiger partial charge is 0.482 e. The Labute approximate surface area is 133 Å². The van der Waals surface area contributed by atoms with Crippen molar-refractivity contribution in [3.63, 3.8) is 0 Å². The van der Waals surface area contributed by atoms with Crippen molar-refractivity contribution >= 4 is 35.1 Å². The Balaban J connectivity index is 2.78. The van der Waals surface area contributed by atoms with E-state index in [0.717, 1.165) is 0 Å². The number of hydrogen-bond donors (Lipinski definition) is 1. The summed E-state index contributed by atoms with van der Waals surface area (Å²) < 4.78 is 5.34. The van der Waals surface area contributed by atoms with Gasteiger partial charge in [-0.15, -0.1) is 0 Å². The van der Waals surface area contributed by atoms with Crippen LogP contribution in [0, 0.1) is 0 Å². The van der Waals surface area contributed by atoms with Crippen LogP contribution in [0.25, 0.3) is 0 Å². The maximum Gasteiger partial charge on any atom is 0.329 e. The van der Waals surface area contributed by atoms with Crippen molar-refractivity contribution in [2.45, 2.75) is 26.3 Å². The fourth-order valence-electron chi connectivity index (χ4n) is 1.81. The summed E-state index contributed by atoms with van der Waals surface area (Å²) in [6.45, 7) is 4.59. The van der Waals surface area contributed by atoms with Crippen molar-refractivity contribution in [3.8, 4) is 5.75 Å². The fraction of sp³-hybridized carbons (Fsp3) is 0.429. The first-order valence-corrected chi connectivity index (χ1v) is 7.07. The number of likely N-dealkylation sites (N-methyl/N-ethyl adjacent to an activating group) is 1.